The highest BCUT2D eigenvalue weighted by Crippen LogP contribution is 2.39. The predicted octanol–water partition coefficient (Wildman–Crippen LogP) is 4.52. The van der Waals surface area contributed by atoms with Gasteiger partial charge in [-0.2, -0.15) is 4.57 Å². The zero-order chi connectivity index (χ0) is 16.7. The molecule has 3 nitrogen and oxygen atoms in total. The molecule has 2 aromatic carbocycles. The van der Waals surface area contributed by atoms with Gasteiger partial charge in [-0.25, -0.2) is 0 Å². The topological polar surface area (TPSA) is 21.2 Å². The van der Waals surface area contributed by atoms with Gasteiger partial charge in [0.1, 0.15) is 12.6 Å². The Balaban J connectivity index is 2.18. The molecule has 0 aliphatic carbocycles. The van der Waals surface area contributed by atoms with Crippen LogP contribution in [0.3, 0.4) is 0 Å². The van der Waals surface area contributed by atoms with Crippen molar-refractivity contribution in [3.63, 3.8) is 0 Å². The maximum Gasteiger partial charge on any atom is 0.238 e. The third-order valence-electron chi connectivity index (χ3n) is 5.56. The van der Waals surface area contributed by atoms with Gasteiger partial charge in [-0.1, -0.05) is 24.3 Å². The van der Waals surface area contributed by atoms with Crippen molar-refractivity contribution < 1.29 is 4.57 Å². The number of rotatable bonds is 0. The minimum Gasteiger partial charge on any atom is -0.301 e. The highest BCUT2D eigenvalue weighted by molar-refractivity contribution is 6.25. The van der Waals surface area contributed by atoms with E-state index in [-0.39, 0.29) is 0 Å². The normalized spacial score (nSPS) is 12.4. The molecule has 0 saturated heterocycles. The monoisotopic (exact) mass is 322 g/mol. The number of benzene rings is 2. The minimum atomic E-state index is 1.17. The van der Waals surface area contributed by atoms with Crippen molar-refractivity contribution in [1.29, 1.82) is 0 Å². The van der Waals surface area contributed by atoms with E-state index < -0.39 is 0 Å². The Bertz CT molecular complexity index is 1460. The second kappa shape index (κ2) is 4.25. The molecule has 0 aliphatic rings. The van der Waals surface area contributed by atoms with Crippen molar-refractivity contribution in [2.45, 2.75) is 6.92 Å². The van der Waals surface area contributed by atoms with Gasteiger partial charge in [0.05, 0.1) is 22.6 Å². The Labute approximate surface area is 144 Å². The SMILES string of the molecule is Cc1ccc2cccc3c2c1c1c2c(cc[n+]1C)c1ccncc1n32. The molecule has 3 heteroatoms. The van der Waals surface area contributed by atoms with Crippen molar-refractivity contribution in [1.82, 2.24) is 9.38 Å². The van der Waals surface area contributed by atoms with E-state index in [1.807, 2.05) is 12.4 Å². The van der Waals surface area contributed by atoms with Gasteiger partial charge < -0.3 is 4.40 Å². The van der Waals surface area contributed by atoms with E-state index in [0.717, 1.165) is 0 Å². The molecule has 0 atom stereocenters. The van der Waals surface area contributed by atoms with E-state index in [9.17, 15) is 0 Å². The molecule has 0 fully saturated rings. The van der Waals surface area contributed by atoms with Crippen LogP contribution in [0.1, 0.15) is 5.56 Å². The molecule has 0 aliphatic heterocycles. The number of aromatic nitrogens is 3. The fourth-order valence-corrected chi connectivity index (χ4v) is 4.49. The van der Waals surface area contributed by atoms with Gasteiger partial charge in [-0.05, 0) is 30.0 Å². The highest BCUT2D eigenvalue weighted by atomic mass is 15.0. The van der Waals surface area contributed by atoms with E-state index in [2.05, 4.69) is 76.6 Å². The first-order valence-corrected chi connectivity index (χ1v) is 8.55. The van der Waals surface area contributed by atoms with Crippen LogP contribution in [0.25, 0.3) is 49.0 Å². The van der Waals surface area contributed by atoms with Gasteiger partial charge in [0.25, 0.3) is 0 Å². The summed E-state index contributed by atoms with van der Waals surface area (Å²) in [6.07, 6.45) is 6.04. The molecule has 4 heterocycles. The fraction of sp³-hybridized carbons (Fsp3) is 0.0909. The van der Waals surface area contributed by atoms with Crippen molar-refractivity contribution >= 4 is 49.0 Å². The molecule has 6 aromatic rings. The quantitative estimate of drug-likeness (QED) is 0.229. The van der Waals surface area contributed by atoms with E-state index in [1.54, 1.807) is 0 Å². The lowest BCUT2D eigenvalue weighted by Gasteiger charge is -2.12. The van der Waals surface area contributed by atoms with Gasteiger partial charge in [0.2, 0.25) is 5.52 Å². The lowest BCUT2D eigenvalue weighted by molar-refractivity contribution is -0.644. The van der Waals surface area contributed by atoms with Crippen LogP contribution in [0.2, 0.25) is 0 Å². The summed E-state index contributed by atoms with van der Waals surface area (Å²) in [6, 6.07) is 15.4. The van der Waals surface area contributed by atoms with Crippen molar-refractivity contribution in [3.05, 3.63) is 66.6 Å². The Morgan fingerprint density at radius 3 is 2.76 bits per heavy atom. The fourth-order valence-electron chi connectivity index (χ4n) is 4.49. The predicted molar refractivity (Wildman–Crippen MR) is 102 cm³/mol. The third-order valence-corrected chi connectivity index (χ3v) is 5.56. The van der Waals surface area contributed by atoms with Crippen LogP contribution < -0.4 is 4.57 Å². The Hall–Kier alpha value is -3.20. The summed E-state index contributed by atoms with van der Waals surface area (Å²) in [5.74, 6) is 0. The van der Waals surface area contributed by atoms with Crippen LogP contribution in [0.4, 0.5) is 0 Å². The first kappa shape index (κ1) is 13.1. The van der Waals surface area contributed by atoms with Gasteiger partial charge in [0.15, 0.2) is 6.20 Å². The van der Waals surface area contributed by atoms with Crippen LogP contribution in [0.15, 0.2) is 61.1 Å². The number of pyridine rings is 3. The van der Waals surface area contributed by atoms with Crippen molar-refractivity contribution in [2.24, 2.45) is 7.05 Å². The number of hydrogen-bond acceptors (Lipinski definition) is 1. The molecule has 0 amide bonds. The molecule has 25 heavy (non-hydrogen) atoms. The number of nitrogens with zero attached hydrogens (tertiary/aromatic N) is 3. The lowest BCUT2D eigenvalue weighted by atomic mass is 9.98. The average Bonchev–Trinajstić information content (AvgIpc) is 2.97. The molecule has 0 N–H and O–H groups in total. The standard InChI is InChI=1S/C22H16N3/c1-13-6-7-14-4-3-5-17-20(14)19(13)22-21-16(9-11-24(22)2)15-8-10-23-12-18(15)25(17)21/h3-12H,1-2H3/q+1. The van der Waals surface area contributed by atoms with Gasteiger partial charge >= 0.3 is 0 Å². The summed E-state index contributed by atoms with van der Waals surface area (Å²) in [5.41, 5.74) is 6.31. The Morgan fingerprint density at radius 1 is 0.920 bits per heavy atom. The zero-order valence-corrected chi connectivity index (χ0v) is 14.1. The minimum absolute atomic E-state index is 1.17. The van der Waals surface area contributed by atoms with Gasteiger partial charge in [0, 0.05) is 28.4 Å². The maximum absolute atomic E-state index is 4.40. The summed E-state index contributed by atoms with van der Waals surface area (Å²) in [4.78, 5) is 4.40. The largest absolute Gasteiger partial charge is 0.301 e. The van der Waals surface area contributed by atoms with Crippen LogP contribution in [0.5, 0.6) is 0 Å². The summed E-state index contributed by atoms with van der Waals surface area (Å²) in [5, 5.41) is 6.51. The Morgan fingerprint density at radius 2 is 1.84 bits per heavy atom. The summed E-state index contributed by atoms with van der Waals surface area (Å²) in [7, 11) is 2.14. The summed E-state index contributed by atoms with van der Waals surface area (Å²) >= 11 is 0. The molecular formula is C22H16N3+. The van der Waals surface area contributed by atoms with Crippen LogP contribution in [-0.2, 0) is 7.05 Å². The van der Waals surface area contributed by atoms with Crippen LogP contribution in [-0.4, -0.2) is 9.38 Å². The van der Waals surface area contributed by atoms with Crippen LogP contribution in [0, 0.1) is 6.92 Å². The summed E-state index contributed by atoms with van der Waals surface area (Å²) in [6.45, 7) is 2.21. The second-order valence-corrected chi connectivity index (χ2v) is 6.90. The number of fused-ring (bicyclic) bond motifs is 5. The van der Waals surface area contributed by atoms with E-state index in [0.29, 0.717) is 0 Å². The van der Waals surface area contributed by atoms with E-state index in [1.165, 1.54) is 54.6 Å². The summed E-state index contributed by atoms with van der Waals surface area (Å²) < 4.78 is 4.64. The molecule has 0 radical (unpaired) electrons. The molecule has 0 bridgehead atoms. The Kier molecular flexibility index (Phi) is 2.23. The molecule has 0 spiro atoms. The average molecular weight is 322 g/mol. The maximum atomic E-state index is 4.40. The molecule has 6 rings (SSSR count). The highest BCUT2D eigenvalue weighted by Gasteiger charge is 2.23. The number of hydrogen-bond donors (Lipinski definition) is 0. The van der Waals surface area contributed by atoms with Crippen molar-refractivity contribution in [2.75, 3.05) is 0 Å². The van der Waals surface area contributed by atoms with E-state index in [4.69, 9.17) is 0 Å². The number of aryl methyl sites for hydroxylation is 2. The molecule has 0 unspecified atom stereocenters. The van der Waals surface area contributed by atoms with Gasteiger partial charge in [-0.15, -0.1) is 0 Å². The van der Waals surface area contributed by atoms with Crippen LogP contribution >= 0.6 is 0 Å². The third kappa shape index (κ3) is 1.43. The molecular weight excluding hydrogens is 306 g/mol. The first-order valence-electron chi connectivity index (χ1n) is 8.55. The molecule has 4 aromatic heterocycles. The molecule has 118 valence electrons. The smallest absolute Gasteiger partial charge is 0.238 e. The van der Waals surface area contributed by atoms with E-state index >= 15 is 0 Å². The zero-order valence-electron chi connectivity index (χ0n) is 14.1. The second-order valence-electron chi connectivity index (χ2n) is 6.90. The molecule has 0 saturated carbocycles. The van der Waals surface area contributed by atoms with Crippen molar-refractivity contribution in [3.8, 4) is 0 Å². The first-order chi connectivity index (χ1) is 12.3. The van der Waals surface area contributed by atoms with Gasteiger partial charge in [-0.3, -0.25) is 4.98 Å². The lowest BCUT2D eigenvalue weighted by Crippen LogP contribution is -2.28.